The van der Waals surface area contributed by atoms with Crippen molar-refractivity contribution >= 4 is 22.6 Å². The summed E-state index contributed by atoms with van der Waals surface area (Å²) in [4.78, 5) is 11.4. The second-order valence-corrected chi connectivity index (χ2v) is 5.04. The average Bonchev–Trinajstić information content (AvgIpc) is 2.00. The van der Waals surface area contributed by atoms with Crippen molar-refractivity contribution in [3.8, 4) is 0 Å². The van der Waals surface area contributed by atoms with Crippen molar-refractivity contribution in [1.82, 2.24) is 9.78 Å². The van der Waals surface area contributed by atoms with Gasteiger partial charge in [0.1, 0.15) is 0 Å². The Kier molecular flexibility index (Phi) is 3.65. The van der Waals surface area contributed by atoms with Crippen LogP contribution in [0.4, 0.5) is 0 Å². The molecule has 1 heterocycles. The summed E-state index contributed by atoms with van der Waals surface area (Å²) in [6, 6.07) is 1.53. The number of rotatable bonds is 3. The molecule has 0 spiro atoms. The van der Waals surface area contributed by atoms with Gasteiger partial charge in [0.15, 0.2) is 0 Å². The van der Waals surface area contributed by atoms with Crippen molar-refractivity contribution in [2.24, 2.45) is 0 Å². The zero-order valence-electron chi connectivity index (χ0n) is 8.20. The number of halogens is 1. The number of aryl methyl sites for hydroxylation is 1. The molecule has 0 atom stereocenters. The first-order valence-corrected chi connectivity index (χ1v) is 5.41. The molecule has 0 saturated heterocycles. The van der Waals surface area contributed by atoms with Crippen LogP contribution in [0, 0.1) is 3.57 Å². The quantitative estimate of drug-likeness (QED) is 0.848. The molecule has 4 nitrogen and oxygen atoms in total. The molecule has 0 unspecified atom stereocenters. The average molecular weight is 308 g/mol. The first-order chi connectivity index (χ1) is 6.38. The molecule has 1 aromatic heterocycles. The Morgan fingerprint density at radius 1 is 1.64 bits per heavy atom. The SMILES string of the molecule is CC(C)(O)CCn1ncc(I)cc1=O. The predicted molar refractivity (Wildman–Crippen MR) is 62.1 cm³/mol. The summed E-state index contributed by atoms with van der Waals surface area (Å²) in [6.07, 6.45) is 2.15. The lowest BCUT2D eigenvalue weighted by atomic mass is 10.1. The molecule has 78 valence electrons. The number of hydrogen-bond acceptors (Lipinski definition) is 3. The third kappa shape index (κ3) is 3.75. The standard InChI is InChI=1S/C9H13IN2O2/c1-9(2,14)3-4-12-8(13)5-7(10)6-11-12/h5-6,14H,3-4H2,1-2H3. The predicted octanol–water partition coefficient (Wildman–Crippen LogP) is 1.01. The molecule has 0 aliphatic carbocycles. The minimum absolute atomic E-state index is 0.124. The van der Waals surface area contributed by atoms with Crippen molar-refractivity contribution in [1.29, 1.82) is 0 Å². The Morgan fingerprint density at radius 2 is 2.29 bits per heavy atom. The molecule has 0 radical (unpaired) electrons. The summed E-state index contributed by atoms with van der Waals surface area (Å²) < 4.78 is 2.19. The second-order valence-electron chi connectivity index (χ2n) is 3.80. The van der Waals surface area contributed by atoms with Crippen molar-refractivity contribution in [2.45, 2.75) is 32.4 Å². The van der Waals surface area contributed by atoms with Crippen LogP contribution in [-0.4, -0.2) is 20.5 Å². The molecule has 1 aromatic rings. The number of nitrogens with zero attached hydrogens (tertiary/aromatic N) is 2. The maximum absolute atomic E-state index is 11.4. The van der Waals surface area contributed by atoms with E-state index in [9.17, 15) is 9.90 Å². The first-order valence-electron chi connectivity index (χ1n) is 4.33. The van der Waals surface area contributed by atoms with Crippen LogP contribution in [0.1, 0.15) is 20.3 Å². The molecule has 0 fully saturated rings. The van der Waals surface area contributed by atoms with E-state index in [1.807, 2.05) is 22.6 Å². The molecule has 0 bridgehead atoms. The third-order valence-corrected chi connectivity index (χ3v) is 2.36. The third-order valence-electron chi connectivity index (χ3n) is 1.77. The van der Waals surface area contributed by atoms with Gasteiger partial charge < -0.3 is 5.11 Å². The summed E-state index contributed by atoms with van der Waals surface area (Å²) in [6.45, 7) is 3.87. The summed E-state index contributed by atoms with van der Waals surface area (Å²) >= 11 is 2.04. The fraction of sp³-hybridized carbons (Fsp3) is 0.556. The smallest absolute Gasteiger partial charge is 0.267 e. The van der Waals surface area contributed by atoms with Crippen LogP contribution < -0.4 is 5.56 Å². The number of hydrogen-bond donors (Lipinski definition) is 1. The van der Waals surface area contributed by atoms with Crippen LogP contribution in [0.15, 0.2) is 17.1 Å². The van der Waals surface area contributed by atoms with E-state index in [0.29, 0.717) is 13.0 Å². The van der Waals surface area contributed by atoms with Gasteiger partial charge in [0.25, 0.3) is 5.56 Å². The van der Waals surface area contributed by atoms with E-state index in [1.54, 1.807) is 20.0 Å². The lowest BCUT2D eigenvalue weighted by Gasteiger charge is -2.16. The van der Waals surface area contributed by atoms with Crippen molar-refractivity contribution in [3.63, 3.8) is 0 Å². The van der Waals surface area contributed by atoms with E-state index in [1.165, 1.54) is 10.7 Å². The first kappa shape index (κ1) is 11.6. The second kappa shape index (κ2) is 4.39. The van der Waals surface area contributed by atoms with Crippen molar-refractivity contribution in [3.05, 3.63) is 26.2 Å². The summed E-state index contributed by atoms with van der Waals surface area (Å²) in [5.74, 6) is 0. The van der Waals surface area contributed by atoms with Crippen molar-refractivity contribution in [2.75, 3.05) is 0 Å². The Labute approximate surface area is 96.1 Å². The largest absolute Gasteiger partial charge is 0.390 e. The Hall–Kier alpha value is -0.430. The van der Waals surface area contributed by atoms with Gasteiger partial charge in [0.05, 0.1) is 11.8 Å². The molecule has 1 N–H and O–H groups in total. The van der Waals surface area contributed by atoms with Gasteiger partial charge in [0.2, 0.25) is 0 Å². The van der Waals surface area contributed by atoms with Gasteiger partial charge in [-0.3, -0.25) is 4.79 Å². The monoisotopic (exact) mass is 308 g/mol. The number of aromatic nitrogens is 2. The highest BCUT2D eigenvalue weighted by Crippen LogP contribution is 2.07. The van der Waals surface area contributed by atoms with E-state index < -0.39 is 5.60 Å². The van der Waals surface area contributed by atoms with E-state index in [2.05, 4.69) is 5.10 Å². The molecule has 0 saturated carbocycles. The maximum Gasteiger partial charge on any atom is 0.267 e. The molecule has 0 aliphatic heterocycles. The highest BCUT2D eigenvalue weighted by molar-refractivity contribution is 14.1. The van der Waals surface area contributed by atoms with E-state index >= 15 is 0 Å². The van der Waals surface area contributed by atoms with E-state index in [-0.39, 0.29) is 5.56 Å². The zero-order valence-corrected chi connectivity index (χ0v) is 10.4. The van der Waals surface area contributed by atoms with Crippen LogP contribution in [-0.2, 0) is 6.54 Å². The molecular formula is C9H13IN2O2. The Balaban J connectivity index is 2.74. The van der Waals surface area contributed by atoms with Crippen LogP contribution in [0.3, 0.4) is 0 Å². The fourth-order valence-electron chi connectivity index (χ4n) is 0.959. The van der Waals surface area contributed by atoms with Gasteiger partial charge in [-0.05, 0) is 42.9 Å². The highest BCUT2D eigenvalue weighted by Gasteiger charge is 2.12. The Morgan fingerprint density at radius 3 is 2.79 bits per heavy atom. The summed E-state index contributed by atoms with van der Waals surface area (Å²) in [5, 5.41) is 13.4. The summed E-state index contributed by atoms with van der Waals surface area (Å²) in [7, 11) is 0. The Bertz CT molecular complexity index is 368. The van der Waals surface area contributed by atoms with Gasteiger partial charge in [0, 0.05) is 16.2 Å². The van der Waals surface area contributed by atoms with Crippen molar-refractivity contribution < 1.29 is 5.11 Å². The van der Waals surface area contributed by atoms with Crippen LogP contribution in [0.2, 0.25) is 0 Å². The van der Waals surface area contributed by atoms with Crippen LogP contribution in [0.5, 0.6) is 0 Å². The van der Waals surface area contributed by atoms with Gasteiger partial charge in [-0.25, -0.2) is 4.68 Å². The highest BCUT2D eigenvalue weighted by atomic mass is 127. The fourth-order valence-corrected chi connectivity index (χ4v) is 1.35. The topological polar surface area (TPSA) is 55.1 Å². The molecular weight excluding hydrogens is 295 g/mol. The molecule has 14 heavy (non-hydrogen) atoms. The van der Waals surface area contributed by atoms with Gasteiger partial charge in [-0.15, -0.1) is 0 Å². The normalized spacial score (nSPS) is 11.7. The lowest BCUT2D eigenvalue weighted by Crippen LogP contribution is -2.28. The van der Waals surface area contributed by atoms with Crippen LogP contribution >= 0.6 is 22.6 Å². The zero-order chi connectivity index (χ0) is 10.8. The van der Waals surface area contributed by atoms with E-state index in [0.717, 1.165) is 3.57 Å². The number of aliphatic hydroxyl groups is 1. The lowest BCUT2D eigenvalue weighted by molar-refractivity contribution is 0.0646. The maximum atomic E-state index is 11.4. The van der Waals surface area contributed by atoms with E-state index in [4.69, 9.17) is 0 Å². The van der Waals surface area contributed by atoms with Crippen LogP contribution in [0.25, 0.3) is 0 Å². The van der Waals surface area contributed by atoms with Gasteiger partial charge in [-0.1, -0.05) is 0 Å². The minimum atomic E-state index is -0.760. The minimum Gasteiger partial charge on any atom is -0.390 e. The van der Waals surface area contributed by atoms with Gasteiger partial charge in [-0.2, -0.15) is 5.10 Å². The molecule has 1 rings (SSSR count). The molecule has 5 heteroatoms. The molecule has 0 aromatic carbocycles. The molecule has 0 amide bonds. The van der Waals surface area contributed by atoms with Gasteiger partial charge >= 0.3 is 0 Å². The molecule has 0 aliphatic rings. The summed E-state index contributed by atoms with van der Waals surface area (Å²) in [5.41, 5.74) is -0.884.